The number of urea groups is 1. The van der Waals surface area contributed by atoms with Crippen molar-refractivity contribution in [1.29, 1.82) is 0 Å². The summed E-state index contributed by atoms with van der Waals surface area (Å²) in [5, 5.41) is 11.4. The Bertz CT molecular complexity index is 514. The molecule has 0 spiro atoms. The lowest BCUT2D eigenvalue weighted by molar-refractivity contribution is -0.123. The van der Waals surface area contributed by atoms with Gasteiger partial charge in [0.25, 0.3) is 0 Å². The maximum Gasteiger partial charge on any atom is 0.315 e. The van der Waals surface area contributed by atoms with Gasteiger partial charge in [0.1, 0.15) is 6.04 Å². The highest BCUT2D eigenvalue weighted by Crippen LogP contribution is 2.05. The molecule has 0 radical (unpaired) electrons. The van der Waals surface area contributed by atoms with E-state index in [1.54, 1.807) is 0 Å². The molecule has 1 aromatic rings. The van der Waals surface area contributed by atoms with Crippen LogP contribution in [0.3, 0.4) is 0 Å². The molecular formula is C18H30N4O2. The van der Waals surface area contributed by atoms with E-state index in [1.807, 2.05) is 52.1 Å². The molecule has 134 valence electrons. The zero-order chi connectivity index (χ0) is 17.9. The van der Waals surface area contributed by atoms with Crippen LogP contribution in [0.15, 0.2) is 24.3 Å². The van der Waals surface area contributed by atoms with Crippen LogP contribution in [0, 0.1) is 12.8 Å². The van der Waals surface area contributed by atoms with Crippen molar-refractivity contribution in [2.45, 2.75) is 39.8 Å². The van der Waals surface area contributed by atoms with Gasteiger partial charge in [-0.2, -0.15) is 0 Å². The zero-order valence-corrected chi connectivity index (χ0v) is 15.1. The summed E-state index contributed by atoms with van der Waals surface area (Å²) in [6.45, 7) is 7.74. The molecule has 1 atom stereocenters. The molecule has 0 aliphatic carbocycles. The predicted molar refractivity (Wildman–Crippen MR) is 96.7 cm³/mol. The van der Waals surface area contributed by atoms with Gasteiger partial charge in [0.2, 0.25) is 5.91 Å². The van der Waals surface area contributed by atoms with Gasteiger partial charge in [-0.1, -0.05) is 43.7 Å². The number of hydrogen-bond donors (Lipinski definition) is 4. The van der Waals surface area contributed by atoms with Crippen molar-refractivity contribution in [2.75, 3.05) is 20.1 Å². The average molecular weight is 334 g/mol. The number of benzene rings is 1. The maximum absolute atomic E-state index is 12.2. The molecule has 0 heterocycles. The minimum atomic E-state index is -0.528. The fourth-order valence-corrected chi connectivity index (χ4v) is 2.23. The van der Waals surface area contributed by atoms with Crippen LogP contribution in [-0.2, 0) is 11.3 Å². The molecular weight excluding hydrogens is 304 g/mol. The van der Waals surface area contributed by atoms with E-state index in [0.29, 0.717) is 32.0 Å². The lowest BCUT2D eigenvalue weighted by atomic mass is 10.0. The van der Waals surface area contributed by atoms with Crippen LogP contribution in [0.4, 0.5) is 4.79 Å². The minimum absolute atomic E-state index is 0.149. The number of carbonyl (C=O) groups is 2. The summed E-state index contributed by atoms with van der Waals surface area (Å²) in [4.78, 5) is 24.3. The number of likely N-dealkylation sites (N-methyl/N-ethyl adjacent to an activating group) is 1. The van der Waals surface area contributed by atoms with Crippen LogP contribution < -0.4 is 21.3 Å². The van der Waals surface area contributed by atoms with Crippen molar-refractivity contribution < 1.29 is 9.59 Å². The molecule has 0 saturated carbocycles. The summed E-state index contributed by atoms with van der Waals surface area (Å²) in [6.07, 6.45) is 0.601. The summed E-state index contributed by atoms with van der Waals surface area (Å²) < 4.78 is 0. The summed E-state index contributed by atoms with van der Waals surface area (Å²) in [6, 6.07) is 7.11. The van der Waals surface area contributed by atoms with E-state index in [4.69, 9.17) is 0 Å². The lowest BCUT2D eigenvalue weighted by Crippen LogP contribution is -2.51. The molecule has 6 heteroatoms. The van der Waals surface area contributed by atoms with Crippen LogP contribution in [0.1, 0.15) is 31.4 Å². The SMILES string of the molecule is CNCCNC(=O)C(CC(C)C)NC(=O)NCc1ccc(C)cc1. The van der Waals surface area contributed by atoms with Gasteiger partial charge in [0.15, 0.2) is 0 Å². The zero-order valence-electron chi connectivity index (χ0n) is 15.1. The Morgan fingerprint density at radius 2 is 1.71 bits per heavy atom. The van der Waals surface area contributed by atoms with Crippen LogP contribution in [0.2, 0.25) is 0 Å². The topological polar surface area (TPSA) is 82.3 Å². The highest BCUT2D eigenvalue weighted by Gasteiger charge is 2.21. The van der Waals surface area contributed by atoms with Crippen LogP contribution >= 0.6 is 0 Å². The summed E-state index contributed by atoms with van der Waals surface area (Å²) >= 11 is 0. The Labute approximate surface area is 144 Å². The van der Waals surface area contributed by atoms with Gasteiger partial charge in [-0.05, 0) is 31.9 Å². The van der Waals surface area contributed by atoms with Crippen molar-refractivity contribution in [3.63, 3.8) is 0 Å². The highest BCUT2D eigenvalue weighted by atomic mass is 16.2. The Morgan fingerprint density at radius 3 is 2.29 bits per heavy atom. The molecule has 3 amide bonds. The molecule has 0 aromatic heterocycles. The molecule has 0 aliphatic heterocycles. The van der Waals surface area contributed by atoms with E-state index < -0.39 is 6.04 Å². The molecule has 0 aliphatic rings. The van der Waals surface area contributed by atoms with E-state index in [9.17, 15) is 9.59 Å². The Morgan fingerprint density at radius 1 is 1.04 bits per heavy atom. The predicted octanol–water partition coefficient (Wildman–Crippen LogP) is 1.54. The first-order valence-corrected chi connectivity index (χ1v) is 8.44. The quantitative estimate of drug-likeness (QED) is 0.517. The standard InChI is InChI=1S/C18H30N4O2/c1-13(2)11-16(17(23)20-10-9-19-4)22-18(24)21-12-15-7-5-14(3)6-8-15/h5-8,13,16,19H,9-12H2,1-4H3,(H,20,23)(H2,21,22,24). The molecule has 6 nitrogen and oxygen atoms in total. The minimum Gasteiger partial charge on any atom is -0.353 e. The second kappa shape index (κ2) is 10.6. The molecule has 0 fully saturated rings. The van der Waals surface area contributed by atoms with Crippen molar-refractivity contribution in [3.05, 3.63) is 35.4 Å². The first kappa shape index (κ1) is 20.0. The third kappa shape index (κ3) is 7.97. The normalized spacial score (nSPS) is 11.9. The molecule has 4 N–H and O–H groups in total. The van der Waals surface area contributed by atoms with E-state index in [-0.39, 0.29) is 11.9 Å². The first-order chi connectivity index (χ1) is 11.4. The van der Waals surface area contributed by atoms with Crippen LogP contribution in [0.5, 0.6) is 0 Å². The number of nitrogens with one attached hydrogen (secondary N) is 4. The molecule has 0 bridgehead atoms. The van der Waals surface area contributed by atoms with Gasteiger partial charge in [-0.15, -0.1) is 0 Å². The summed E-state index contributed by atoms with van der Waals surface area (Å²) in [7, 11) is 1.83. The second-order valence-corrected chi connectivity index (χ2v) is 6.39. The van der Waals surface area contributed by atoms with E-state index in [0.717, 1.165) is 5.56 Å². The van der Waals surface area contributed by atoms with E-state index in [2.05, 4.69) is 21.3 Å². The summed E-state index contributed by atoms with van der Waals surface area (Å²) in [5.41, 5.74) is 2.20. The van der Waals surface area contributed by atoms with Crippen molar-refractivity contribution in [2.24, 2.45) is 5.92 Å². The number of carbonyl (C=O) groups excluding carboxylic acids is 2. The number of hydrogen-bond acceptors (Lipinski definition) is 3. The molecule has 1 rings (SSSR count). The van der Waals surface area contributed by atoms with Gasteiger partial charge in [-0.3, -0.25) is 4.79 Å². The fraction of sp³-hybridized carbons (Fsp3) is 0.556. The van der Waals surface area contributed by atoms with Gasteiger partial charge >= 0.3 is 6.03 Å². The largest absolute Gasteiger partial charge is 0.353 e. The first-order valence-electron chi connectivity index (χ1n) is 8.44. The third-order valence-electron chi connectivity index (χ3n) is 3.58. The highest BCUT2D eigenvalue weighted by molar-refractivity contribution is 5.87. The number of amides is 3. The van der Waals surface area contributed by atoms with Gasteiger partial charge in [0.05, 0.1) is 0 Å². The van der Waals surface area contributed by atoms with Crippen molar-refractivity contribution in [1.82, 2.24) is 21.3 Å². The van der Waals surface area contributed by atoms with E-state index in [1.165, 1.54) is 5.56 Å². The van der Waals surface area contributed by atoms with Crippen LogP contribution in [0.25, 0.3) is 0 Å². The Balaban J connectivity index is 2.50. The monoisotopic (exact) mass is 334 g/mol. The van der Waals surface area contributed by atoms with Gasteiger partial charge < -0.3 is 21.3 Å². The molecule has 1 unspecified atom stereocenters. The molecule has 0 saturated heterocycles. The van der Waals surface area contributed by atoms with Gasteiger partial charge in [0, 0.05) is 19.6 Å². The smallest absolute Gasteiger partial charge is 0.315 e. The second-order valence-electron chi connectivity index (χ2n) is 6.39. The Kier molecular flexibility index (Phi) is 8.86. The molecule has 1 aromatic carbocycles. The van der Waals surface area contributed by atoms with E-state index >= 15 is 0 Å². The average Bonchev–Trinajstić information content (AvgIpc) is 2.53. The molecule has 24 heavy (non-hydrogen) atoms. The van der Waals surface area contributed by atoms with Crippen molar-refractivity contribution in [3.8, 4) is 0 Å². The maximum atomic E-state index is 12.2. The summed E-state index contributed by atoms with van der Waals surface area (Å²) in [5.74, 6) is 0.159. The Hall–Kier alpha value is -2.08. The number of rotatable bonds is 9. The van der Waals surface area contributed by atoms with Crippen molar-refractivity contribution >= 4 is 11.9 Å². The van der Waals surface area contributed by atoms with Crippen LogP contribution in [-0.4, -0.2) is 38.1 Å². The third-order valence-corrected chi connectivity index (χ3v) is 3.58. The fourth-order valence-electron chi connectivity index (χ4n) is 2.23. The lowest BCUT2D eigenvalue weighted by Gasteiger charge is -2.20. The van der Waals surface area contributed by atoms with Gasteiger partial charge in [-0.25, -0.2) is 4.79 Å². The number of aryl methyl sites for hydroxylation is 1.